The van der Waals surface area contributed by atoms with Gasteiger partial charge in [-0.15, -0.1) is 36.2 Å². The number of thiazole rings is 1. The average Bonchev–Trinajstić information content (AvgIpc) is 2.97. The van der Waals surface area contributed by atoms with Gasteiger partial charge in [-0.1, -0.05) is 29.8 Å². The van der Waals surface area contributed by atoms with E-state index < -0.39 is 0 Å². The molecule has 24 heavy (non-hydrogen) atoms. The molecule has 0 bridgehead atoms. The Morgan fingerprint density at radius 2 is 2.04 bits per heavy atom. The van der Waals surface area contributed by atoms with Crippen LogP contribution >= 0.6 is 47.8 Å². The van der Waals surface area contributed by atoms with Gasteiger partial charge in [0.2, 0.25) is 0 Å². The van der Waals surface area contributed by atoms with E-state index in [-0.39, 0.29) is 36.8 Å². The predicted octanol–water partition coefficient (Wildman–Crippen LogP) is 3.13. The van der Waals surface area contributed by atoms with Crippen LogP contribution in [0.25, 0.3) is 0 Å². The first-order chi connectivity index (χ1) is 10.5. The number of amides is 1. The molecule has 1 amide bonds. The highest BCUT2D eigenvalue weighted by atomic mass is 35.5. The number of halogens is 3. The summed E-state index contributed by atoms with van der Waals surface area (Å²) in [6, 6.07) is 7.64. The van der Waals surface area contributed by atoms with Crippen molar-refractivity contribution in [2.45, 2.75) is 12.6 Å². The maximum Gasteiger partial charge on any atom is 0.270 e. The van der Waals surface area contributed by atoms with Crippen LogP contribution in [0.3, 0.4) is 0 Å². The van der Waals surface area contributed by atoms with Gasteiger partial charge in [0.1, 0.15) is 10.7 Å². The molecule has 0 aliphatic heterocycles. The Morgan fingerprint density at radius 3 is 2.58 bits per heavy atom. The van der Waals surface area contributed by atoms with Gasteiger partial charge in [-0.3, -0.25) is 4.79 Å². The molecule has 0 fully saturated rings. The molecule has 5 nitrogen and oxygen atoms in total. The molecule has 3 N–H and O–H groups in total. The quantitative estimate of drug-likeness (QED) is 0.766. The summed E-state index contributed by atoms with van der Waals surface area (Å²) < 4.78 is 0. The lowest BCUT2D eigenvalue weighted by Crippen LogP contribution is -2.34. The first-order valence-corrected chi connectivity index (χ1v) is 8.12. The van der Waals surface area contributed by atoms with Gasteiger partial charge < -0.3 is 16.0 Å². The number of nitrogens with two attached hydrogens (primary N) is 1. The van der Waals surface area contributed by atoms with Crippen LogP contribution in [0.4, 0.5) is 0 Å². The number of likely N-dealkylation sites (N-methyl/N-ethyl adjacent to an activating group) is 1. The van der Waals surface area contributed by atoms with Crippen LogP contribution in [0.2, 0.25) is 5.02 Å². The van der Waals surface area contributed by atoms with Crippen LogP contribution in [-0.4, -0.2) is 36.4 Å². The van der Waals surface area contributed by atoms with Crippen molar-refractivity contribution in [2.24, 2.45) is 5.73 Å². The molecule has 0 saturated heterocycles. The average molecular weight is 412 g/mol. The van der Waals surface area contributed by atoms with Gasteiger partial charge in [0, 0.05) is 23.5 Å². The first-order valence-electron chi connectivity index (χ1n) is 6.86. The number of benzene rings is 1. The number of carbonyl (C=O) groups is 1. The zero-order chi connectivity index (χ0) is 16.1. The van der Waals surface area contributed by atoms with Crippen LogP contribution in [0.5, 0.6) is 0 Å². The molecule has 1 heterocycles. The number of hydrogen-bond donors (Lipinski definition) is 2. The van der Waals surface area contributed by atoms with Crippen LogP contribution < -0.4 is 11.1 Å². The molecule has 1 aromatic heterocycles. The molecule has 1 unspecified atom stereocenters. The third kappa shape index (κ3) is 5.88. The zero-order valence-corrected chi connectivity index (χ0v) is 16.6. The summed E-state index contributed by atoms with van der Waals surface area (Å²) in [6.45, 7) is 0.795. The Bertz CT molecular complexity index is 651. The molecule has 0 radical (unpaired) electrons. The van der Waals surface area contributed by atoms with Crippen molar-refractivity contribution in [1.29, 1.82) is 0 Å². The fourth-order valence-electron chi connectivity index (χ4n) is 2.10. The maximum absolute atomic E-state index is 12.2. The molecular formula is C15H21Cl3N4OS. The topological polar surface area (TPSA) is 71.2 Å². The summed E-state index contributed by atoms with van der Waals surface area (Å²) in [5, 5.41) is 6.07. The number of aromatic nitrogens is 1. The summed E-state index contributed by atoms with van der Waals surface area (Å²) in [6.07, 6.45) is 0. The van der Waals surface area contributed by atoms with Crippen molar-refractivity contribution >= 4 is 53.7 Å². The second-order valence-electron chi connectivity index (χ2n) is 5.04. The highest BCUT2D eigenvalue weighted by Crippen LogP contribution is 2.25. The Labute approximate surface area is 163 Å². The van der Waals surface area contributed by atoms with E-state index in [4.69, 9.17) is 17.3 Å². The van der Waals surface area contributed by atoms with Gasteiger partial charge in [0.25, 0.3) is 5.91 Å². The van der Waals surface area contributed by atoms with Gasteiger partial charge in [-0.2, -0.15) is 0 Å². The van der Waals surface area contributed by atoms with E-state index in [1.165, 1.54) is 11.3 Å². The minimum Gasteiger partial charge on any atom is -0.349 e. The number of carbonyl (C=O) groups excluding carboxylic acids is 1. The van der Waals surface area contributed by atoms with Crippen molar-refractivity contribution in [3.8, 4) is 0 Å². The van der Waals surface area contributed by atoms with Crippen molar-refractivity contribution in [3.63, 3.8) is 0 Å². The Balaban J connectivity index is 0.00000264. The van der Waals surface area contributed by atoms with E-state index in [1.807, 2.05) is 43.3 Å². The highest BCUT2D eigenvalue weighted by Gasteiger charge is 2.19. The Morgan fingerprint density at radius 1 is 1.38 bits per heavy atom. The normalized spacial score (nSPS) is 11.4. The second-order valence-corrected chi connectivity index (χ2v) is 6.39. The SMILES string of the molecule is CN(C)C(CNC(=O)c1csc(CN)n1)c1ccccc1Cl.Cl.Cl. The smallest absolute Gasteiger partial charge is 0.270 e. The second kappa shape index (κ2) is 10.9. The molecule has 0 aliphatic carbocycles. The molecule has 0 aliphatic rings. The van der Waals surface area contributed by atoms with Crippen molar-refractivity contribution in [1.82, 2.24) is 15.2 Å². The first kappa shape index (κ1) is 23.1. The molecule has 134 valence electrons. The molecule has 1 atom stereocenters. The van der Waals surface area contributed by atoms with Gasteiger partial charge in [-0.05, 0) is 25.7 Å². The van der Waals surface area contributed by atoms with Crippen LogP contribution in [-0.2, 0) is 6.54 Å². The third-order valence-corrected chi connectivity index (χ3v) is 4.52. The van der Waals surface area contributed by atoms with E-state index in [9.17, 15) is 4.79 Å². The highest BCUT2D eigenvalue weighted by molar-refractivity contribution is 7.09. The van der Waals surface area contributed by atoms with Crippen LogP contribution in [0.1, 0.15) is 27.1 Å². The lowest BCUT2D eigenvalue weighted by atomic mass is 10.1. The van der Waals surface area contributed by atoms with E-state index >= 15 is 0 Å². The van der Waals surface area contributed by atoms with Crippen molar-refractivity contribution < 1.29 is 4.79 Å². The summed E-state index contributed by atoms with van der Waals surface area (Å²) in [5.41, 5.74) is 6.90. The van der Waals surface area contributed by atoms with Crippen molar-refractivity contribution in [3.05, 3.63) is 50.9 Å². The van der Waals surface area contributed by atoms with Crippen LogP contribution in [0.15, 0.2) is 29.6 Å². The number of hydrogen-bond acceptors (Lipinski definition) is 5. The zero-order valence-electron chi connectivity index (χ0n) is 13.4. The molecule has 2 rings (SSSR count). The maximum atomic E-state index is 12.2. The molecule has 2 aromatic rings. The molecular weight excluding hydrogens is 391 g/mol. The van der Waals surface area contributed by atoms with Gasteiger partial charge in [0.15, 0.2) is 0 Å². The summed E-state index contributed by atoms with van der Waals surface area (Å²) >= 11 is 7.64. The summed E-state index contributed by atoms with van der Waals surface area (Å²) in [4.78, 5) is 18.4. The standard InChI is InChI=1S/C15H19ClN4OS.2ClH/c1-20(2)13(10-5-3-4-6-11(10)16)8-18-15(21)12-9-22-14(7-17)19-12;;/h3-6,9,13H,7-8,17H2,1-2H3,(H,18,21);2*1H. The fourth-order valence-corrected chi connectivity index (χ4v) is 3.02. The van der Waals surface area contributed by atoms with Gasteiger partial charge >= 0.3 is 0 Å². The van der Waals surface area contributed by atoms with Crippen LogP contribution in [0, 0.1) is 0 Å². The molecule has 0 spiro atoms. The largest absolute Gasteiger partial charge is 0.349 e. The van der Waals surface area contributed by atoms with E-state index in [0.717, 1.165) is 10.6 Å². The molecule has 1 aromatic carbocycles. The lowest BCUT2D eigenvalue weighted by Gasteiger charge is -2.25. The minimum absolute atomic E-state index is 0. The van der Waals surface area contributed by atoms with E-state index in [2.05, 4.69) is 10.3 Å². The van der Waals surface area contributed by atoms with E-state index in [0.29, 0.717) is 23.8 Å². The Kier molecular flexibility index (Phi) is 10.5. The fraction of sp³-hybridized carbons (Fsp3) is 0.333. The number of nitrogens with one attached hydrogen (secondary N) is 1. The monoisotopic (exact) mass is 410 g/mol. The van der Waals surface area contributed by atoms with Crippen molar-refractivity contribution in [2.75, 3.05) is 20.6 Å². The third-order valence-electron chi connectivity index (χ3n) is 3.30. The number of nitrogens with zero attached hydrogens (tertiary/aromatic N) is 2. The number of rotatable bonds is 6. The Hall–Kier alpha value is -0.890. The molecule has 9 heteroatoms. The minimum atomic E-state index is -0.199. The predicted molar refractivity (Wildman–Crippen MR) is 105 cm³/mol. The van der Waals surface area contributed by atoms with Gasteiger partial charge in [0.05, 0.1) is 6.04 Å². The van der Waals surface area contributed by atoms with Gasteiger partial charge in [-0.25, -0.2) is 4.98 Å². The summed E-state index contributed by atoms with van der Waals surface area (Å²) in [5.74, 6) is -0.199. The molecule has 0 saturated carbocycles. The van der Waals surface area contributed by atoms with E-state index in [1.54, 1.807) is 5.38 Å². The summed E-state index contributed by atoms with van der Waals surface area (Å²) in [7, 11) is 3.91. The lowest BCUT2D eigenvalue weighted by molar-refractivity contribution is 0.0937.